The number of sulfone groups is 1. The molecule has 0 aliphatic rings. The number of carbonyl (C=O) groups excluding carboxylic acids is 1. The molecule has 7 heteroatoms. The Balaban J connectivity index is 2.09. The molecule has 0 N–H and O–H groups in total. The molecule has 0 bridgehead atoms. The van der Waals surface area contributed by atoms with Gasteiger partial charge in [0, 0.05) is 0 Å². The van der Waals surface area contributed by atoms with Gasteiger partial charge in [0.05, 0.1) is 22.5 Å². The van der Waals surface area contributed by atoms with Crippen LogP contribution in [0.4, 0.5) is 4.79 Å². The summed E-state index contributed by atoms with van der Waals surface area (Å²) < 4.78 is 40.9. The van der Waals surface area contributed by atoms with Crippen LogP contribution in [0, 0.1) is 5.92 Å². The summed E-state index contributed by atoms with van der Waals surface area (Å²) in [6.07, 6.45) is -0.813. The summed E-state index contributed by atoms with van der Waals surface area (Å²) in [5.41, 5.74) is 0. The number of hydrogen-bond acceptors (Lipinski definition) is 6. The molecule has 0 saturated carbocycles. The first kappa shape index (κ1) is 20.8. The lowest BCUT2D eigenvalue weighted by molar-refractivity contribution is 0.0885. The van der Waals surface area contributed by atoms with Crippen LogP contribution in [-0.2, 0) is 14.6 Å². The largest absolute Gasteiger partial charge is 0.513 e. The lowest BCUT2D eigenvalue weighted by atomic mass is 10.2. The van der Waals surface area contributed by atoms with Crippen molar-refractivity contribution in [2.75, 3.05) is 6.61 Å². The minimum absolute atomic E-state index is 0.00669. The zero-order chi connectivity index (χ0) is 20.0. The molecular weight excluding hydrogens is 368 g/mol. The van der Waals surface area contributed by atoms with Gasteiger partial charge in [-0.05, 0) is 68.3 Å². The Kier molecular flexibility index (Phi) is 6.85. The van der Waals surface area contributed by atoms with Gasteiger partial charge in [-0.3, -0.25) is 0 Å². The Hall–Kier alpha value is -2.54. The van der Waals surface area contributed by atoms with Crippen LogP contribution in [0.3, 0.4) is 0 Å². The molecule has 0 atom stereocenters. The minimum atomic E-state index is -3.68. The summed E-state index contributed by atoms with van der Waals surface area (Å²) >= 11 is 0. The first-order chi connectivity index (χ1) is 12.7. The van der Waals surface area contributed by atoms with E-state index >= 15 is 0 Å². The summed E-state index contributed by atoms with van der Waals surface area (Å²) in [7, 11) is -3.68. The van der Waals surface area contributed by atoms with Gasteiger partial charge in [-0.25, -0.2) is 13.2 Å². The number of carbonyl (C=O) groups is 1. The van der Waals surface area contributed by atoms with Crippen LogP contribution in [0.5, 0.6) is 11.5 Å². The minimum Gasteiger partial charge on any atom is -0.491 e. The SMILES string of the molecule is CC(C)COC(=O)Oc1ccc(S(=O)(=O)c2ccc(OC(C)C)cc2)cc1. The van der Waals surface area contributed by atoms with Gasteiger partial charge in [-0.1, -0.05) is 13.8 Å². The third-order valence-electron chi connectivity index (χ3n) is 3.38. The second-order valence-electron chi connectivity index (χ2n) is 6.67. The molecule has 0 aliphatic heterocycles. The van der Waals surface area contributed by atoms with Crippen molar-refractivity contribution in [3.05, 3.63) is 48.5 Å². The highest BCUT2D eigenvalue weighted by atomic mass is 32.2. The molecule has 2 aromatic carbocycles. The van der Waals surface area contributed by atoms with Crippen LogP contribution in [0.1, 0.15) is 27.7 Å². The van der Waals surface area contributed by atoms with Crippen molar-refractivity contribution in [2.45, 2.75) is 43.6 Å². The Morgan fingerprint density at radius 3 is 1.78 bits per heavy atom. The summed E-state index contributed by atoms with van der Waals surface area (Å²) in [4.78, 5) is 11.8. The maximum Gasteiger partial charge on any atom is 0.513 e. The Morgan fingerprint density at radius 1 is 0.852 bits per heavy atom. The fourth-order valence-corrected chi connectivity index (χ4v) is 3.41. The van der Waals surface area contributed by atoms with Crippen LogP contribution in [-0.4, -0.2) is 27.3 Å². The van der Waals surface area contributed by atoms with E-state index in [1.54, 1.807) is 12.1 Å². The molecule has 0 radical (unpaired) electrons. The van der Waals surface area contributed by atoms with Gasteiger partial charge in [0.2, 0.25) is 9.84 Å². The first-order valence-electron chi connectivity index (χ1n) is 8.65. The highest BCUT2D eigenvalue weighted by Gasteiger charge is 2.18. The Morgan fingerprint density at radius 2 is 1.33 bits per heavy atom. The van der Waals surface area contributed by atoms with E-state index in [-0.39, 0.29) is 34.2 Å². The van der Waals surface area contributed by atoms with Crippen molar-refractivity contribution in [3.8, 4) is 11.5 Å². The van der Waals surface area contributed by atoms with Gasteiger partial charge in [0.1, 0.15) is 11.5 Å². The van der Waals surface area contributed by atoms with Crippen molar-refractivity contribution in [1.29, 1.82) is 0 Å². The lowest BCUT2D eigenvalue weighted by Gasteiger charge is -2.11. The van der Waals surface area contributed by atoms with Gasteiger partial charge in [-0.2, -0.15) is 0 Å². The molecule has 0 amide bonds. The van der Waals surface area contributed by atoms with E-state index in [4.69, 9.17) is 14.2 Å². The van der Waals surface area contributed by atoms with E-state index in [2.05, 4.69) is 0 Å². The number of benzene rings is 2. The molecule has 27 heavy (non-hydrogen) atoms. The Bertz CT molecular complexity index is 852. The van der Waals surface area contributed by atoms with Crippen LogP contribution in [0.15, 0.2) is 58.3 Å². The number of rotatable bonds is 7. The van der Waals surface area contributed by atoms with Crippen molar-refractivity contribution in [1.82, 2.24) is 0 Å². The predicted octanol–water partition coefficient (Wildman–Crippen LogP) is 4.48. The molecular formula is C20H24O6S. The van der Waals surface area contributed by atoms with E-state index in [1.165, 1.54) is 36.4 Å². The second kappa shape index (κ2) is 8.90. The Labute approximate surface area is 160 Å². The van der Waals surface area contributed by atoms with Gasteiger partial charge < -0.3 is 14.2 Å². The first-order valence-corrected chi connectivity index (χ1v) is 10.1. The summed E-state index contributed by atoms with van der Waals surface area (Å²) in [5.74, 6) is 1.01. The monoisotopic (exact) mass is 392 g/mol. The molecule has 0 heterocycles. The van der Waals surface area contributed by atoms with E-state index in [0.717, 1.165) is 0 Å². The average molecular weight is 392 g/mol. The normalized spacial score (nSPS) is 11.5. The topological polar surface area (TPSA) is 78.9 Å². The highest BCUT2D eigenvalue weighted by molar-refractivity contribution is 7.91. The van der Waals surface area contributed by atoms with Gasteiger partial charge >= 0.3 is 6.16 Å². The summed E-state index contributed by atoms with van der Waals surface area (Å²) in [6.45, 7) is 7.87. The van der Waals surface area contributed by atoms with Crippen molar-refractivity contribution >= 4 is 16.0 Å². The fraction of sp³-hybridized carbons (Fsp3) is 0.350. The highest BCUT2D eigenvalue weighted by Crippen LogP contribution is 2.25. The number of hydrogen-bond donors (Lipinski definition) is 0. The van der Waals surface area contributed by atoms with E-state index < -0.39 is 16.0 Å². The van der Waals surface area contributed by atoms with Crippen molar-refractivity contribution in [3.63, 3.8) is 0 Å². The summed E-state index contributed by atoms with van der Waals surface area (Å²) in [6, 6.07) is 11.9. The van der Waals surface area contributed by atoms with Gasteiger partial charge in [0.25, 0.3) is 0 Å². The molecule has 0 aromatic heterocycles. The maximum absolute atomic E-state index is 12.7. The smallest absolute Gasteiger partial charge is 0.491 e. The molecule has 0 aliphatic carbocycles. The van der Waals surface area contributed by atoms with E-state index in [9.17, 15) is 13.2 Å². The predicted molar refractivity (Wildman–Crippen MR) is 101 cm³/mol. The van der Waals surface area contributed by atoms with Gasteiger partial charge in [-0.15, -0.1) is 0 Å². The molecule has 0 unspecified atom stereocenters. The van der Waals surface area contributed by atoms with Crippen molar-refractivity contribution in [2.24, 2.45) is 5.92 Å². The van der Waals surface area contributed by atoms with Crippen LogP contribution < -0.4 is 9.47 Å². The molecule has 0 saturated heterocycles. The lowest BCUT2D eigenvalue weighted by Crippen LogP contribution is -2.14. The molecule has 2 aromatic rings. The van der Waals surface area contributed by atoms with E-state index in [0.29, 0.717) is 5.75 Å². The van der Waals surface area contributed by atoms with Crippen LogP contribution >= 0.6 is 0 Å². The third-order valence-corrected chi connectivity index (χ3v) is 5.16. The van der Waals surface area contributed by atoms with Crippen LogP contribution in [0.25, 0.3) is 0 Å². The molecule has 0 fully saturated rings. The second-order valence-corrected chi connectivity index (χ2v) is 8.62. The fourth-order valence-electron chi connectivity index (χ4n) is 2.15. The molecule has 6 nitrogen and oxygen atoms in total. The molecule has 2 rings (SSSR count). The zero-order valence-corrected chi connectivity index (χ0v) is 16.7. The molecule has 146 valence electrons. The van der Waals surface area contributed by atoms with Crippen molar-refractivity contribution < 1.29 is 27.4 Å². The standard InChI is InChI=1S/C20H24O6S/c1-14(2)13-24-20(21)26-17-7-11-19(12-8-17)27(22,23)18-9-5-16(6-10-18)25-15(3)4/h5-12,14-15H,13H2,1-4H3. The number of ether oxygens (including phenoxy) is 3. The zero-order valence-electron chi connectivity index (χ0n) is 15.8. The van der Waals surface area contributed by atoms with Crippen LogP contribution in [0.2, 0.25) is 0 Å². The quantitative estimate of drug-likeness (QED) is 0.511. The average Bonchev–Trinajstić information content (AvgIpc) is 2.60. The summed E-state index contributed by atoms with van der Waals surface area (Å²) in [5, 5.41) is 0. The van der Waals surface area contributed by atoms with Gasteiger partial charge in [0.15, 0.2) is 0 Å². The third kappa shape index (κ3) is 5.99. The van der Waals surface area contributed by atoms with E-state index in [1.807, 2.05) is 27.7 Å². The maximum atomic E-state index is 12.7. The molecule has 0 spiro atoms.